The van der Waals surface area contributed by atoms with Crippen molar-refractivity contribution in [1.29, 1.82) is 0 Å². The van der Waals surface area contributed by atoms with E-state index in [1.54, 1.807) is 0 Å². The first-order chi connectivity index (χ1) is 10.6. The second kappa shape index (κ2) is 9.47. The molecule has 0 radical (unpaired) electrons. The van der Waals surface area contributed by atoms with Crippen molar-refractivity contribution in [2.45, 2.75) is 40.2 Å². The maximum Gasteiger partial charge on any atom is 0.191 e. The van der Waals surface area contributed by atoms with E-state index < -0.39 is 0 Å². The minimum absolute atomic E-state index is 0. The SMILES string of the molecule is CCNC(=NCC1(C)COC1)NC(C)c1ccc(CC)cc1.I. The van der Waals surface area contributed by atoms with Crippen molar-refractivity contribution in [2.75, 3.05) is 26.3 Å². The van der Waals surface area contributed by atoms with Crippen molar-refractivity contribution in [3.63, 3.8) is 0 Å². The molecule has 0 bridgehead atoms. The lowest BCUT2D eigenvalue weighted by Gasteiger charge is -2.36. The molecule has 0 aromatic heterocycles. The third-order valence-electron chi connectivity index (χ3n) is 4.11. The zero-order valence-electron chi connectivity index (χ0n) is 14.7. The second-order valence-corrected chi connectivity index (χ2v) is 6.46. The maximum absolute atomic E-state index is 5.29. The van der Waals surface area contributed by atoms with Crippen LogP contribution in [-0.2, 0) is 11.2 Å². The summed E-state index contributed by atoms with van der Waals surface area (Å²) in [4.78, 5) is 4.72. The highest BCUT2D eigenvalue weighted by atomic mass is 127. The van der Waals surface area contributed by atoms with E-state index in [9.17, 15) is 0 Å². The Morgan fingerprint density at radius 2 is 1.91 bits per heavy atom. The van der Waals surface area contributed by atoms with Gasteiger partial charge in [-0.1, -0.05) is 38.1 Å². The number of ether oxygens (including phenoxy) is 1. The molecule has 0 amide bonds. The zero-order valence-corrected chi connectivity index (χ0v) is 17.0. The highest BCUT2D eigenvalue weighted by molar-refractivity contribution is 14.0. The minimum atomic E-state index is 0. The monoisotopic (exact) mass is 431 g/mol. The standard InChI is InChI=1S/C18H29N3O.HI/c1-5-15-7-9-16(10-8-15)14(3)21-17(19-6-2)20-11-18(4)12-22-13-18;/h7-10,14H,5-6,11-13H2,1-4H3,(H2,19,20,21);1H. The number of benzene rings is 1. The summed E-state index contributed by atoms with van der Waals surface area (Å²) < 4.78 is 5.29. The predicted molar refractivity (Wildman–Crippen MR) is 108 cm³/mol. The Labute approximate surface area is 157 Å². The first kappa shape index (κ1) is 20.2. The van der Waals surface area contributed by atoms with Crippen LogP contribution in [0.4, 0.5) is 0 Å². The highest BCUT2D eigenvalue weighted by Crippen LogP contribution is 2.26. The van der Waals surface area contributed by atoms with Crippen molar-refractivity contribution in [3.05, 3.63) is 35.4 Å². The molecule has 1 aromatic rings. The maximum atomic E-state index is 5.29. The van der Waals surface area contributed by atoms with Crippen LogP contribution in [0, 0.1) is 5.41 Å². The van der Waals surface area contributed by atoms with Crippen molar-refractivity contribution in [2.24, 2.45) is 10.4 Å². The molecule has 1 atom stereocenters. The molecule has 23 heavy (non-hydrogen) atoms. The molecule has 2 rings (SSSR count). The lowest BCUT2D eigenvalue weighted by atomic mass is 9.89. The number of rotatable bonds is 6. The van der Waals surface area contributed by atoms with Gasteiger partial charge in [-0.15, -0.1) is 24.0 Å². The number of nitrogens with one attached hydrogen (secondary N) is 2. The third kappa shape index (κ3) is 5.95. The molecule has 1 aliphatic heterocycles. The molecule has 1 fully saturated rings. The van der Waals surface area contributed by atoms with Crippen LogP contribution in [0.25, 0.3) is 0 Å². The molecular formula is C18H30IN3O. The van der Waals surface area contributed by atoms with Crippen LogP contribution in [0.15, 0.2) is 29.3 Å². The molecule has 0 spiro atoms. The van der Waals surface area contributed by atoms with Gasteiger partial charge in [0, 0.05) is 12.0 Å². The molecule has 1 aliphatic rings. The molecule has 1 aromatic carbocycles. The van der Waals surface area contributed by atoms with E-state index in [0.717, 1.165) is 38.7 Å². The van der Waals surface area contributed by atoms with E-state index in [2.05, 4.69) is 62.6 Å². The average Bonchev–Trinajstić information content (AvgIpc) is 2.51. The summed E-state index contributed by atoms with van der Waals surface area (Å²) in [5.74, 6) is 0.877. The molecule has 0 aliphatic carbocycles. The van der Waals surface area contributed by atoms with Crippen LogP contribution in [-0.4, -0.2) is 32.3 Å². The molecule has 0 saturated carbocycles. The van der Waals surface area contributed by atoms with Crippen molar-refractivity contribution in [3.8, 4) is 0 Å². The molecular weight excluding hydrogens is 401 g/mol. The summed E-state index contributed by atoms with van der Waals surface area (Å²) in [6.07, 6.45) is 1.08. The Morgan fingerprint density at radius 3 is 2.39 bits per heavy atom. The highest BCUT2D eigenvalue weighted by Gasteiger charge is 2.33. The van der Waals surface area contributed by atoms with Crippen LogP contribution >= 0.6 is 24.0 Å². The summed E-state index contributed by atoms with van der Waals surface area (Å²) in [6.45, 7) is 11.9. The molecule has 2 N–H and O–H groups in total. The predicted octanol–water partition coefficient (Wildman–Crippen LogP) is 3.52. The molecule has 1 saturated heterocycles. The fourth-order valence-electron chi connectivity index (χ4n) is 2.46. The Bertz CT molecular complexity index is 497. The third-order valence-corrected chi connectivity index (χ3v) is 4.11. The van der Waals surface area contributed by atoms with E-state index in [1.165, 1.54) is 11.1 Å². The van der Waals surface area contributed by atoms with Gasteiger partial charge in [0.25, 0.3) is 0 Å². The fourth-order valence-corrected chi connectivity index (χ4v) is 2.46. The molecule has 1 heterocycles. The Balaban J connectivity index is 0.00000264. The molecule has 1 unspecified atom stereocenters. The van der Waals surface area contributed by atoms with Gasteiger partial charge < -0.3 is 15.4 Å². The number of aliphatic imine (C=N–C) groups is 1. The lowest BCUT2D eigenvalue weighted by molar-refractivity contribution is -0.0945. The largest absolute Gasteiger partial charge is 0.380 e. The quantitative estimate of drug-likeness (QED) is 0.412. The van der Waals surface area contributed by atoms with Crippen LogP contribution < -0.4 is 10.6 Å². The van der Waals surface area contributed by atoms with Crippen molar-refractivity contribution in [1.82, 2.24) is 10.6 Å². The number of nitrogens with zero attached hydrogens (tertiary/aromatic N) is 1. The fraction of sp³-hybridized carbons (Fsp3) is 0.611. The smallest absolute Gasteiger partial charge is 0.191 e. The Hall–Kier alpha value is -0.820. The van der Waals surface area contributed by atoms with E-state index >= 15 is 0 Å². The molecule has 4 nitrogen and oxygen atoms in total. The Morgan fingerprint density at radius 1 is 1.26 bits per heavy atom. The average molecular weight is 431 g/mol. The zero-order chi connectivity index (χ0) is 16.0. The minimum Gasteiger partial charge on any atom is -0.380 e. The van der Waals surface area contributed by atoms with Gasteiger partial charge in [-0.05, 0) is 31.4 Å². The van der Waals surface area contributed by atoms with Gasteiger partial charge in [-0.3, -0.25) is 4.99 Å². The van der Waals surface area contributed by atoms with Gasteiger partial charge in [-0.2, -0.15) is 0 Å². The second-order valence-electron chi connectivity index (χ2n) is 6.46. The van der Waals surface area contributed by atoms with Crippen LogP contribution in [0.2, 0.25) is 0 Å². The summed E-state index contributed by atoms with van der Waals surface area (Å²) >= 11 is 0. The van der Waals surface area contributed by atoms with Crippen LogP contribution in [0.1, 0.15) is 44.9 Å². The van der Waals surface area contributed by atoms with Gasteiger partial charge in [0.1, 0.15) is 0 Å². The van der Waals surface area contributed by atoms with E-state index in [-0.39, 0.29) is 35.4 Å². The van der Waals surface area contributed by atoms with E-state index in [0.29, 0.717) is 0 Å². The number of hydrogen-bond acceptors (Lipinski definition) is 2. The summed E-state index contributed by atoms with van der Waals surface area (Å²) in [5, 5.41) is 6.82. The Kier molecular flexibility index (Phi) is 8.33. The van der Waals surface area contributed by atoms with Crippen molar-refractivity contribution >= 4 is 29.9 Å². The van der Waals surface area contributed by atoms with Gasteiger partial charge in [-0.25, -0.2) is 0 Å². The number of aryl methyl sites for hydroxylation is 1. The number of guanidine groups is 1. The first-order valence-electron chi connectivity index (χ1n) is 8.28. The molecule has 130 valence electrons. The lowest BCUT2D eigenvalue weighted by Crippen LogP contribution is -2.44. The normalized spacial score (nSPS) is 17.7. The number of halogens is 1. The number of hydrogen-bond donors (Lipinski definition) is 2. The van der Waals surface area contributed by atoms with Crippen molar-refractivity contribution < 1.29 is 4.74 Å². The van der Waals surface area contributed by atoms with Crippen LogP contribution in [0.5, 0.6) is 0 Å². The van der Waals surface area contributed by atoms with Gasteiger partial charge in [0.15, 0.2) is 5.96 Å². The summed E-state index contributed by atoms with van der Waals surface area (Å²) in [5.41, 5.74) is 2.85. The first-order valence-corrected chi connectivity index (χ1v) is 8.28. The molecule has 5 heteroatoms. The van der Waals surface area contributed by atoms with Gasteiger partial charge in [0.05, 0.1) is 25.8 Å². The van der Waals surface area contributed by atoms with Gasteiger partial charge >= 0.3 is 0 Å². The summed E-state index contributed by atoms with van der Waals surface area (Å²) in [6, 6.07) is 9.02. The summed E-state index contributed by atoms with van der Waals surface area (Å²) in [7, 11) is 0. The van der Waals surface area contributed by atoms with Gasteiger partial charge in [0.2, 0.25) is 0 Å². The topological polar surface area (TPSA) is 45.7 Å². The van der Waals surface area contributed by atoms with Crippen LogP contribution in [0.3, 0.4) is 0 Å². The van der Waals surface area contributed by atoms with E-state index in [1.807, 2.05) is 0 Å². The van der Waals surface area contributed by atoms with E-state index in [4.69, 9.17) is 9.73 Å².